The van der Waals surface area contributed by atoms with Gasteiger partial charge in [0.15, 0.2) is 0 Å². The van der Waals surface area contributed by atoms with Gasteiger partial charge in [-0.3, -0.25) is 9.67 Å². The molecule has 0 spiro atoms. The van der Waals surface area contributed by atoms with Crippen LogP contribution in [0.2, 0.25) is 0 Å². The summed E-state index contributed by atoms with van der Waals surface area (Å²) in [5, 5.41) is 4.99. The highest BCUT2D eigenvalue weighted by Crippen LogP contribution is 2.40. The Hall–Kier alpha value is -3.31. The van der Waals surface area contributed by atoms with Gasteiger partial charge >= 0.3 is 0 Å². The van der Waals surface area contributed by atoms with E-state index in [9.17, 15) is 4.39 Å². The van der Waals surface area contributed by atoms with Gasteiger partial charge in [-0.1, -0.05) is 48.5 Å². The number of fused-ring (bicyclic) bond motifs is 1. The maximum Gasteiger partial charge on any atom is 0.123 e. The minimum absolute atomic E-state index is 0.177. The van der Waals surface area contributed by atoms with Gasteiger partial charge < -0.3 is 4.74 Å². The molecule has 31 heavy (non-hydrogen) atoms. The van der Waals surface area contributed by atoms with Crippen molar-refractivity contribution in [1.82, 2.24) is 14.8 Å². The number of aryl methyl sites for hydroxylation is 1. The van der Waals surface area contributed by atoms with E-state index in [1.54, 1.807) is 0 Å². The zero-order valence-corrected chi connectivity index (χ0v) is 17.5. The third-order valence-electron chi connectivity index (χ3n) is 5.76. The van der Waals surface area contributed by atoms with E-state index in [-0.39, 0.29) is 11.9 Å². The highest BCUT2D eigenvalue weighted by atomic mass is 19.1. The zero-order chi connectivity index (χ0) is 21.2. The summed E-state index contributed by atoms with van der Waals surface area (Å²) in [6.07, 6.45) is 1.89. The van der Waals surface area contributed by atoms with Crippen LogP contribution in [0.4, 0.5) is 4.39 Å². The van der Waals surface area contributed by atoms with Crippen LogP contribution in [0.25, 0.3) is 22.5 Å². The second-order valence-corrected chi connectivity index (χ2v) is 7.98. The third kappa shape index (κ3) is 4.01. The topological polar surface area (TPSA) is 39.9 Å². The maximum atomic E-state index is 13.6. The van der Waals surface area contributed by atoms with E-state index in [0.29, 0.717) is 13.2 Å². The van der Waals surface area contributed by atoms with Gasteiger partial charge in [0.05, 0.1) is 24.9 Å². The molecule has 2 aromatic carbocycles. The predicted molar refractivity (Wildman–Crippen MR) is 119 cm³/mol. The number of aromatic nitrogens is 3. The fourth-order valence-corrected chi connectivity index (χ4v) is 4.25. The van der Waals surface area contributed by atoms with Crippen LogP contribution in [0.3, 0.4) is 0 Å². The second kappa shape index (κ2) is 8.44. The zero-order valence-electron chi connectivity index (χ0n) is 17.5. The van der Waals surface area contributed by atoms with Crippen molar-refractivity contribution in [3.05, 3.63) is 95.6 Å². The molecule has 0 saturated heterocycles. The quantitative estimate of drug-likeness (QED) is 0.403. The number of rotatable bonds is 6. The second-order valence-electron chi connectivity index (χ2n) is 7.98. The normalized spacial score (nSPS) is 15.2. The molecule has 5 rings (SSSR count). The van der Waals surface area contributed by atoms with Crippen LogP contribution in [0, 0.1) is 12.7 Å². The Morgan fingerprint density at radius 3 is 2.58 bits per heavy atom. The van der Waals surface area contributed by atoms with Crippen molar-refractivity contribution in [2.24, 2.45) is 0 Å². The molecule has 156 valence electrons. The summed E-state index contributed by atoms with van der Waals surface area (Å²) >= 11 is 0. The first-order valence-corrected chi connectivity index (χ1v) is 10.6. The largest absolute Gasteiger partial charge is 0.375 e. The summed E-state index contributed by atoms with van der Waals surface area (Å²) in [6.45, 7) is 3.17. The van der Waals surface area contributed by atoms with Crippen LogP contribution in [0.1, 0.15) is 29.4 Å². The average molecular weight is 413 g/mol. The van der Waals surface area contributed by atoms with Gasteiger partial charge in [-0.15, -0.1) is 0 Å². The van der Waals surface area contributed by atoms with Gasteiger partial charge in [0, 0.05) is 17.0 Å². The van der Waals surface area contributed by atoms with E-state index in [1.807, 2.05) is 55.5 Å². The summed E-state index contributed by atoms with van der Waals surface area (Å²) in [4.78, 5) is 4.71. The number of benzene rings is 2. The van der Waals surface area contributed by atoms with Crippen molar-refractivity contribution in [1.29, 1.82) is 0 Å². The van der Waals surface area contributed by atoms with Crippen LogP contribution in [-0.4, -0.2) is 21.4 Å². The van der Waals surface area contributed by atoms with E-state index < -0.39 is 0 Å². The summed E-state index contributed by atoms with van der Waals surface area (Å²) < 4.78 is 21.7. The lowest BCUT2D eigenvalue weighted by Gasteiger charge is -2.12. The molecule has 0 bridgehead atoms. The number of ether oxygens (including phenoxy) is 1. The molecule has 0 saturated carbocycles. The van der Waals surface area contributed by atoms with E-state index in [4.69, 9.17) is 14.8 Å². The summed E-state index contributed by atoms with van der Waals surface area (Å²) in [7, 11) is 0. The van der Waals surface area contributed by atoms with E-state index in [0.717, 1.165) is 46.6 Å². The minimum Gasteiger partial charge on any atom is -0.375 e. The molecule has 0 unspecified atom stereocenters. The Kier molecular flexibility index (Phi) is 5.35. The van der Waals surface area contributed by atoms with Crippen LogP contribution in [-0.2, 0) is 17.8 Å². The van der Waals surface area contributed by atoms with Crippen LogP contribution >= 0.6 is 0 Å². The monoisotopic (exact) mass is 413 g/mol. The van der Waals surface area contributed by atoms with Crippen molar-refractivity contribution < 1.29 is 9.13 Å². The van der Waals surface area contributed by atoms with Gasteiger partial charge in [-0.25, -0.2) is 4.39 Å². The molecule has 4 aromatic rings. The highest BCUT2D eigenvalue weighted by molar-refractivity contribution is 5.81. The van der Waals surface area contributed by atoms with E-state index in [2.05, 4.69) is 16.8 Å². The Morgan fingerprint density at radius 1 is 1.00 bits per heavy atom. The molecule has 1 aliphatic rings. The number of pyridine rings is 1. The number of hydrogen-bond acceptors (Lipinski definition) is 3. The van der Waals surface area contributed by atoms with Crippen molar-refractivity contribution >= 4 is 0 Å². The first kappa shape index (κ1) is 19.6. The van der Waals surface area contributed by atoms with Gasteiger partial charge in [0.2, 0.25) is 0 Å². The highest BCUT2D eigenvalue weighted by Gasteiger charge is 2.30. The molecule has 4 nitrogen and oxygen atoms in total. The fraction of sp³-hybridized carbons (Fsp3) is 0.231. The first-order chi connectivity index (χ1) is 15.2. The molecule has 0 fully saturated rings. The molecular weight excluding hydrogens is 389 g/mol. The minimum atomic E-state index is -0.241. The molecule has 3 heterocycles. The fourth-order valence-electron chi connectivity index (χ4n) is 4.25. The van der Waals surface area contributed by atoms with E-state index in [1.165, 1.54) is 17.8 Å². The number of nitrogens with zero attached hydrogens (tertiary/aromatic N) is 3. The summed E-state index contributed by atoms with van der Waals surface area (Å²) in [5.41, 5.74) is 6.97. The van der Waals surface area contributed by atoms with Crippen LogP contribution in [0.5, 0.6) is 0 Å². The standard InChI is InChI=1S/C26H24FN3O/c1-18-6-5-9-23(28-18)26-25(20-10-12-21(27)13-11-20)24-15-14-22(30(24)29-26)17-31-16-19-7-3-2-4-8-19/h2-13,22H,14-17H2,1H3/t22-/m0/s1. The SMILES string of the molecule is Cc1cccc(-c2nn3c(c2-c2ccc(F)cc2)CC[C@H]3COCc2ccccc2)n1. The molecule has 1 atom stereocenters. The van der Waals surface area contributed by atoms with Crippen molar-refractivity contribution in [3.63, 3.8) is 0 Å². The molecule has 0 radical (unpaired) electrons. The Balaban J connectivity index is 1.48. The van der Waals surface area contributed by atoms with Crippen molar-refractivity contribution in [2.45, 2.75) is 32.4 Å². The van der Waals surface area contributed by atoms with E-state index >= 15 is 0 Å². The predicted octanol–water partition coefficient (Wildman–Crippen LogP) is 5.76. The number of hydrogen-bond donors (Lipinski definition) is 0. The lowest BCUT2D eigenvalue weighted by atomic mass is 9.99. The first-order valence-electron chi connectivity index (χ1n) is 10.6. The lowest BCUT2D eigenvalue weighted by Crippen LogP contribution is -2.13. The average Bonchev–Trinajstić information content (AvgIpc) is 3.35. The molecule has 1 aliphatic heterocycles. The number of halogens is 1. The Morgan fingerprint density at radius 2 is 1.81 bits per heavy atom. The maximum absolute atomic E-state index is 13.6. The molecular formula is C26H24FN3O. The third-order valence-corrected chi connectivity index (χ3v) is 5.76. The molecule has 0 aliphatic carbocycles. The van der Waals surface area contributed by atoms with Crippen LogP contribution < -0.4 is 0 Å². The smallest absolute Gasteiger partial charge is 0.123 e. The lowest BCUT2D eigenvalue weighted by molar-refractivity contribution is 0.0889. The van der Waals surface area contributed by atoms with Gasteiger partial charge in [-0.2, -0.15) is 5.10 Å². The molecule has 0 N–H and O–H groups in total. The van der Waals surface area contributed by atoms with Gasteiger partial charge in [0.25, 0.3) is 0 Å². The summed E-state index contributed by atoms with van der Waals surface area (Å²) in [6, 6.07) is 23.0. The van der Waals surface area contributed by atoms with Gasteiger partial charge in [-0.05, 0) is 55.2 Å². The Bertz CT molecular complexity index is 1190. The van der Waals surface area contributed by atoms with Gasteiger partial charge in [0.1, 0.15) is 11.5 Å². The Labute approximate surface area is 181 Å². The molecule has 0 amide bonds. The van der Waals surface area contributed by atoms with Crippen molar-refractivity contribution in [3.8, 4) is 22.5 Å². The van der Waals surface area contributed by atoms with Crippen molar-refractivity contribution in [2.75, 3.05) is 6.61 Å². The summed E-state index contributed by atoms with van der Waals surface area (Å²) in [5.74, 6) is -0.241. The molecule has 5 heteroatoms. The molecule has 2 aromatic heterocycles. The van der Waals surface area contributed by atoms with Crippen LogP contribution in [0.15, 0.2) is 72.8 Å².